The molecule has 2 rings (SSSR count). The molecular formula is C12H8ClIN2O2. The number of hydrogen-bond acceptors (Lipinski definition) is 2. The van der Waals surface area contributed by atoms with Gasteiger partial charge in [-0.25, -0.2) is 9.48 Å². The molecule has 1 heterocycles. The Morgan fingerprint density at radius 1 is 1.50 bits per heavy atom. The van der Waals surface area contributed by atoms with E-state index in [-0.39, 0.29) is 0 Å². The minimum Gasteiger partial charge on any atom is -0.478 e. The Balaban J connectivity index is 2.33. The first-order chi connectivity index (χ1) is 8.56. The van der Waals surface area contributed by atoms with Crippen molar-refractivity contribution in [2.45, 2.75) is 0 Å². The summed E-state index contributed by atoms with van der Waals surface area (Å²) in [6, 6.07) is 5.28. The predicted octanol–water partition coefficient (Wildman–Crippen LogP) is 3.23. The molecule has 18 heavy (non-hydrogen) atoms. The molecule has 1 aromatic heterocycles. The van der Waals surface area contributed by atoms with E-state index in [9.17, 15) is 4.79 Å². The number of carboxylic acid groups (broad SMARTS) is 1. The van der Waals surface area contributed by atoms with E-state index in [1.807, 2.05) is 6.20 Å². The van der Waals surface area contributed by atoms with Crippen LogP contribution >= 0.6 is 34.2 Å². The van der Waals surface area contributed by atoms with Gasteiger partial charge in [-0.1, -0.05) is 17.7 Å². The standard InChI is InChI=1S/C12H8ClIN2O2/c13-10-5-8(2-4-12(17)18)1-3-11(10)16-7-9(14)6-15-16/h1-7H,(H,17,18)/b4-2+. The van der Waals surface area contributed by atoms with Crippen LogP contribution in [0.15, 0.2) is 36.7 Å². The molecule has 0 bridgehead atoms. The molecular weight excluding hydrogens is 367 g/mol. The van der Waals surface area contributed by atoms with Gasteiger partial charge in [-0.2, -0.15) is 5.10 Å². The quantitative estimate of drug-likeness (QED) is 0.663. The summed E-state index contributed by atoms with van der Waals surface area (Å²) >= 11 is 8.31. The Kier molecular flexibility index (Phi) is 4.03. The lowest BCUT2D eigenvalue weighted by molar-refractivity contribution is -0.131. The number of halogens is 2. The summed E-state index contributed by atoms with van der Waals surface area (Å²) in [6.07, 6.45) is 6.15. The van der Waals surface area contributed by atoms with Gasteiger partial charge in [0.15, 0.2) is 0 Å². The molecule has 0 aliphatic carbocycles. The third kappa shape index (κ3) is 3.11. The minimum absolute atomic E-state index is 0.516. The number of hydrogen-bond donors (Lipinski definition) is 1. The molecule has 0 saturated heterocycles. The fourth-order valence-corrected chi connectivity index (χ4v) is 2.08. The van der Waals surface area contributed by atoms with Gasteiger partial charge < -0.3 is 5.11 Å². The largest absolute Gasteiger partial charge is 0.478 e. The highest BCUT2D eigenvalue weighted by atomic mass is 127. The van der Waals surface area contributed by atoms with Crippen molar-refractivity contribution >= 4 is 46.2 Å². The third-order valence-electron chi connectivity index (χ3n) is 2.19. The summed E-state index contributed by atoms with van der Waals surface area (Å²) in [5.74, 6) is -0.989. The first kappa shape index (κ1) is 13.1. The second-order valence-electron chi connectivity index (χ2n) is 3.49. The zero-order valence-corrected chi connectivity index (χ0v) is 12.0. The van der Waals surface area contributed by atoms with Gasteiger partial charge in [0, 0.05) is 12.3 Å². The van der Waals surface area contributed by atoms with E-state index in [0.717, 1.165) is 20.9 Å². The fraction of sp³-hybridized carbons (Fsp3) is 0. The number of aromatic nitrogens is 2. The number of aliphatic carboxylic acids is 1. The molecule has 0 amide bonds. The predicted molar refractivity (Wildman–Crippen MR) is 78.0 cm³/mol. The summed E-state index contributed by atoms with van der Waals surface area (Å²) in [4.78, 5) is 10.4. The molecule has 0 unspecified atom stereocenters. The second-order valence-corrected chi connectivity index (χ2v) is 5.14. The van der Waals surface area contributed by atoms with Crippen molar-refractivity contribution in [1.82, 2.24) is 9.78 Å². The van der Waals surface area contributed by atoms with Gasteiger partial charge in [-0.05, 0) is 46.4 Å². The van der Waals surface area contributed by atoms with Crippen molar-refractivity contribution in [3.8, 4) is 5.69 Å². The average molecular weight is 375 g/mol. The molecule has 0 spiro atoms. The van der Waals surface area contributed by atoms with Gasteiger partial charge in [0.2, 0.25) is 0 Å². The highest BCUT2D eigenvalue weighted by Crippen LogP contribution is 2.22. The summed E-state index contributed by atoms with van der Waals surface area (Å²) in [5.41, 5.74) is 1.49. The Bertz CT molecular complexity index is 622. The fourth-order valence-electron chi connectivity index (χ4n) is 1.41. The minimum atomic E-state index is -0.989. The van der Waals surface area contributed by atoms with Crippen LogP contribution in [0.1, 0.15) is 5.56 Å². The first-order valence-electron chi connectivity index (χ1n) is 4.97. The maximum Gasteiger partial charge on any atom is 0.328 e. The molecule has 0 atom stereocenters. The first-order valence-corrected chi connectivity index (χ1v) is 6.43. The molecule has 0 radical (unpaired) electrons. The molecule has 1 aromatic carbocycles. The van der Waals surface area contributed by atoms with Crippen molar-refractivity contribution in [2.75, 3.05) is 0 Å². The summed E-state index contributed by atoms with van der Waals surface area (Å²) in [7, 11) is 0. The summed E-state index contributed by atoms with van der Waals surface area (Å²) in [5, 5.41) is 13.2. The molecule has 92 valence electrons. The van der Waals surface area contributed by atoms with Crippen LogP contribution in [0.3, 0.4) is 0 Å². The van der Waals surface area contributed by atoms with Crippen molar-refractivity contribution in [1.29, 1.82) is 0 Å². The van der Waals surface area contributed by atoms with E-state index in [4.69, 9.17) is 16.7 Å². The maximum atomic E-state index is 10.4. The van der Waals surface area contributed by atoms with E-state index in [1.54, 1.807) is 29.1 Å². The van der Waals surface area contributed by atoms with Crippen molar-refractivity contribution in [3.63, 3.8) is 0 Å². The lowest BCUT2D eigenvalue weighted by Gasteiger charge is -2.04. The SMILES string of the molecule is O=C(O)/C=C/c1ccc(-n2cc(I)cn2)c(Cl)c1. The Labute approximate surface area is 122 Å². The van der Waals surface area contributed by atoms with Gasteiger partial charge in [0.05, 0.1) is 20.5 Å². The zero-order chi connectivity index (χ0) is 13.1. The number of carboxylic acids is 1. The second kappa shape index (κ2) is 5.53. The van der Waals surface area contributed by atoms with Crippen LogP contribution < -0.4 is 0 Å². The molecule has 0 saturated carbocycles. The lowest BCUT2D eigenvalue weighted by atomic mass is 10.2. The molecule has 2 aromatic rings. The van der Waals surface area contributed by atoms with Gasteiger partial charge in [0.25, 0.3) is 0 Å². The van der Waals surface area contributed by atoms with Crippen LogP contribution in [0.2, 0.25) is 5.02 Å². The van der Waals surface area contributed by atoms with Crippen molar-refractivity contribution in [2.24, 2.45) is 0 Å². The van der Waals surface area contributed by atoms with Gasteiger partial charge in [0.1, 0.15) is 0 Å². The van der Waals surface area contributed by atoms with Crippen LogP contribution in [0.5, 0.6) is 0 Å². The normalized spacial score (nSPS) is 11.0. The van der Waals surface area contributed by atoms with E-state index >= 15 is 0 Å². The zero-order valence-electron chi connectivity index (χ0n) is 9.05. The van der Waals surface area contributed by atoms with Gasteiger partial charge in [-0.15, -0.1) is 0 Å². The smallest absolute Gasteiger partial charge is 0.328 e. The van der Waals surface area contributed by atoms with Crippen molar-refractivity contribution in [3.05, 3.63) is 50.8 Å². The molecule has 0 aliphatic heterocycles. The number of nitrogens with zero attached hydrogens (tertiary/aromatic N) is 2. The maximum absolute atomic E-state index is 10.4. The van der Waals surface area contributed by atoms with E-state index in [1.165, 1.54) is 6.08 Å². The van der Waals surface area contributed by atoms with Crippen LogP contribution in [-0.4, -0.2) is 20.9 Å². The van der Waals surface area contributed by atoms with Gasteiger partial charge >= 0.3 is 5.97 Å². The molecule has 6 heteroatoms. The molecule has 0 aliphatic rings. The molecule has 4 nitrogen and oxygen atoms in total. The van der Waals surface area contributed by atoms with E-state index in [0.29, 0.717) is 5.02 Å². The van der Waals surface area contributed by atoms with Crippen LogP contribution in [-0.2, 0) is 4.79 Å². The molecule has 0 fully saturated rings. The summed E-state index contributed by atoms with van der Waals surface area (Å²) < 4.78 is 2.69. The average Bonchev–Trinajstić information content (AvgIpc) is 2.73. The van der Waals surface area contributed by atoms with Crippen LogP contribution in [0.25, 0.3) is 11.8 Å². The van der Waals surface area contributed by atoms with Gasteiger partial charge in [-0.3, -0.25) is 0 Å². The Hall–Kier alpha value is -1.34. The summed E-state index contributed by atoms with van der Waals surface area (Å²) in [6.45, 7) is 0. The van der Waals surface area contributed by atoms with Crippen LogP contribution in [0.4, 0.5) is 0 Å². The van der Waals surface area contributed by atoms with Crippen molar-refractivity contribution < 1.29 is 9.90 Å². The molecule has 1 N–H and O–H groups in total. The number of rotatable bonds is 3. The highest BCUT2D eigenvalue weighted by Gasteiger charge is 2.04. The van der Waals surface area contributed by atoms with E-state index < -0.39 is 5.97 Å². The monoisotopic (exact) mass is 374 g/mol. The van der Waals surface area contributed by atoms with Crippen LogP contribution in [0, 0.1) is 3.57 Å². The highest BCUT2D eigenvalue weighted by molar-refractivity contribution is 14.1. The third-order valence-corrected chi connectivity index (χ3v) is 3.05. The number of benzene rings is 1. The topological polar surface area (TPSA) is 55.1 Å². The Morgan fingerprint density at radius 2 is 2.28 bits per heavy atom. The Morgan fingerprint density at radius 3 is 2.83 bits per heavy atom. The number of carbonyl (C=O) groups is 1. The van der Waals surface area contributed by atoms with E-state index in [2.05, 4.69) is 27.7 Å². The lowest BCUT2D eigenvalue weighted by Crippen LogP contribution is -1.95.